The lowest BCUT2D eigenvalue weighted by atomic mass is 10.1. The van der Waals surface area contributed by atoms with Gasteiger partial charge in [0.1, 0.15) is 10.8 Å². The van der Waals surface area contributed by atoms with Gasteiger partial charge in [-0.15, -0.1) is 11.3 Å². The highest BCUT2D eigenvalue weighted by Crippen LogP contribution is 2.29. The molecule has 132 valence electrons. The third-order valence-electron chi connectivity index (χ3n) is 3.97. The molecular formula is C21H14FN3OS. The highest BCUT2D eigenvalue weighted by molar-refractivity contribution is 7.13. The van der Waals surface area contributed by atoms with Crippen molar-refractivity contribution in [1.82, 2.24) is 9.97 Å². The Morgan fingerprint density at radius 3 is 2.59 bits per heavy atom. The fourth-order valence-electron chi connectivity index (χ4n) is 2.63. The van der Waals surface area contributed by atoms with E-state index in [9.17, 15) is 9.18 Å². The normalized spacial score (nSPS) is 10.6. The number of halogens is 1. The van der Waals surface area contributed by atoms with E-state index in [1.54, 1.807) is 41.9 Å². The van der Waals surface area contributed by atoms with Crippen LogP contribution in [-0.4, -0.2) is 15.9 Å². The van der Waals surface area contributed by atoms with E-state index in [4.69, 9.17) is 0 Å². The van der Waals surface area contributed by atoms with Gasteiger partial charge in [-0.25, -0.2) is 9.37 Å². The molecule has 0 bridgehead atoms. The summed E-state index contributed by atoms with van der Waals surface area (Å²) in [5, 5.41) is 5.60. The Bertz CT molecular complexity index is 1100. The van der Waals surface area contributed by atoms with E-state index in [0.29, 0.717) is 5.69 Å². The van der Waals surface area contributed by atoms with Gasteiger partial charge in [-0.1, -0.05) is 24.3 Å². The van der Waals surface area contributed by atoms with Crippen LogP contribution in [0.1, 0.15) is 10.4 Å². The molecule has 0 radical (unpaired) electrons. The molecular weight excluding hydrogens is 361 g/mol. The molecule has 27 heavy (non-hydrogen) atoms. The molecule has 0 aliphatic rings. The summed E-state index contributed by atoms with van der Waals surface area (Å²) in [7, 11) is 0. The van der Waals surface area contributed by atoms with Crippen LogP contribution in [0, 0.1) is 5.82 Å². The lowest BCUT2D eigenvalue weighted by molar-refractivity contribution is 0.102. The number of hydrogen-bond acceptors (Lipinski definition) is 4. The molecule has 0 saturated heterocycles. The first-order valence-corrected chi connectivity index (χ1v) is 9.11. The molecule has 0 aliphatic heterocycles. The zero-order chi connectivity index (χ0) is 18.6. The summed E-state index contributed by atoms with van der Waals surface area (Å²) in [5.74, 6) is -1.03. The SMILES string of the molecule is O=C(Nc1cccc(-c2csc(-c3ccncc3)n2)c1)c1ccccc1F. The quantitative estimate of drug-likeness (QED) is 0.529. The van der Waals surface area contributed by atoms with Crippen LogP contribution in [0.4, 0.5) is 10.1 Å². The first kappa shape index (κ1) is 17.1. The van der Waals surface area contributed by atoms with Gasteiger partial charge in [0.25, 0.3) is 5.91 Å². The molecule has 1 N–H and O–H groups in total. The number of hydrogen-bond donors (Lipinski definition) is 1. The van der Waals surface area contributed by atoms with Crippen molar-refractivity contribution in [3.05, 3.63) is 89.8 Å². The van der Waals surface area contributed by atoms with Crippen molar-refractivity contribution >= 4 is 22.9 Å². The van der Waals surface area contributed by atoms with Crippen molar-refractivity contribution in [2.45, 2.75) is 0 Å². The maximum Gasteiger partial charge on any atom is 0.258 e. The smallest absolute Gasteiger partial charge is 0.258 e. The Morgan fingerprint density at radius 2 is 1.78 bits per heavy atom. The molecule has 2 aromatic heterocycles. The van der Waals surface area contributed by atoms with Crippen LogP contribution < -0.4 is 5.32 Å². The van der Waals surface area contributed by atoms with Gasteiger partial charge < -0.3 is 5.32 Å². The van der Waals surface area contributed by atoms with E-state index in [0.717, 1.165) is 21.8 Å². The van der Waals surface area contributed by atoms with Gasteiger partial charge in [-0.05, 0) is 36.4 Å². The summed E-state index contributed by atoms with van der Waals surface area (Å²) in [5.41, 5.74) is 3.28. The summed E-state index contributed by atoms with van der Waals surface area (Å²) >= 11 is 1.54. The van der Waals surface area contributed by atoms with Crippen molar-refractivity contribution in [1.29, 1.82) is 0 Å². The highest BCUT2D eigenvalue weighted by Gasteiger charge is 2.12. The molecule has 1 amide bonds. The second-order valence-corrected chi connectivity index (χ2v) is 6.65. The predicted octanol–water partition coefficient (Wildman–Crippen LogP) is 5.26. The molecule has 0 atom stereocenters. The zero-order valence-corrected chi connectivity index (χ0v) is 14.9. The summed E-state index contributed by atoms with van der Waals surface area (Å²) in [6.07, 6.45) is 3.46. The highest BCUT2D eigenvalue weighted by atomic mass is 32.1. The summed E-state index contributed by atoms with van der Waals surface area (Å²) in [6.45, 7) is 0. The van der Waals surface area contributed by atoms with Gasteiger partial charge in [-0.2, -0.15) is 0 Å². The van der Waals surface area contributed by atoms with Crippen molar-refractivity contribution in [3.63, 3.8) is 0 Å². The standard InChI is InChI=1S/C21H14FN3OS/c22-18-7-2-1-6-17(18)20(26)24-16-5-3-4-15(12-16)19-13-27-21(25-19)14-8-10-23-11-9-14/h1-13H,(H,24,26). The Morgan fingerprint density at radius 1 is 0.963 bits per heavy atom. The van der Waals surface area contributed by atoms with E-state index < -0.39 is 11.7 Å². The number of carbonyl (C=O) groups excluding carboxylic acids is 1. The van der Waals surface area contributed by atoms with Crippen LogP contribution in [0.3, 0.4) is 0 Å². The molecule has 4 rings (SSSR count). The lowest BCUT2D eigenvalue weighted by Gasteiger charge is -2.07. The number of benzene rings is 2. The molecule has 2 aromatic carbocycles. The average Bonchev–Trinajstić information content (AvgIpc) is 3.19. The second kappa shape index (κ2) is 7.47. The van der Waals surface area contributed by atoms with Crippen LogP contribution in [0.2, 0.25) is 0 Å². The first-order valence-electron chi connectivity index (χ1n) is 8.23. The maximum absolute atomic E-state index is 13.8. The number of rotatable bonds is 4. The number of aromatic nitrogens is 2. The molecule has 0 fully saturated rings. The van der Waals surface area contributed by atoms with Crippen LogP contribution in [0.25, 0.3) is 21.8 Å². The van der Waals surface area contributed by atoms with Gasteiger partial charge in [-0.3, -0.25) is 9.78 Å². The van der Waals surface area contributed by atoms with E-state index in [1.807, 2.05) is 35.7 Å². The minimum atomic E-state index is -0.548. The van der Waals surface area contributed by atoms with Crippen LogP contribution >= 0.6 is 11.3 Å². The third kappa shape index (κ3) is 3.75. The predicted molar refractivity (Wildman–Crippen MR) is 105 cm³/mol. The van der Waals surface area contributed by atoms with Gasteiger partial charge in [0.15, 0.2) is 0 Å². The monoisotopic (exact) mass is 375 g/mol. The molecule has 6 heteroatoms. The largest absolute Gasteiger partial charge is 0.322 e. The molecule has 4 aromatic rings. The Hall–Kier alpha value is -3.38. The van der Waals surface area contributed by atoms with Crippen molar-refractivity contribution in [2.24, 2.45) is 0 Å². The molecule has 2 heterocycles. The molecule has 0 spiro atoms. The number of thiazole rings is 1. The zero-order valence-electron chi connectivity index (χ0n) is 14.1. The minimum Gasteiger partial charge on any atom is -0.322 e. The Balaban J connectivity index is 1.57. The van der Waals surface area contributed by atoms with Gasteiger partial charge in [0, 0.05) is 34.6 Å². The number of anilines is 1. The van der Waals surface area contributed by atoms with Crippen molar-refractivity contribution in [3.8, 4) is 21.8 Å². The minimum absolute atomic E-state index is 0.0107. The van der Waals surface area contributed by atoms with Crippen molar-refractivity contribution < 1.29 is 9.18 Å². The maximum atomic E-state index is 13.8. The Labute approximate surface area is 159 Å². The van der Waals surface area contributed by atoms with E-state index in [-0.39, 0.29) is 5.56 Å². The number of amides is 1. The lowest BCUT2D eigenvalue weighted by Crippen LogP contribution is -2.13. The summed E-state index contributed by atoms with van der Waals surface area (Å²) in [6, 6.07) is 17.1. The van der Waals surface area contributed by atoms with Gasteiger partial charge >= 0.3 is 0 Å². The summed E-state index contributed by atoms with van der Waals surface area (Å²) in [4.78, 5) is 21.0. The molecule has 4 nitrogen and oxygen atoms in total. The number of pyridine rings is 1. The molecule has 0 saturated carbocycles. The van der Waals surface area contributed by atoms with Crippen molar-refractivity contribution in [2.75, 3.05) is 5.32 Å². The topological polar surface area (TPSA) is 54.9 Å². The van der Waals surface area contributed by atoms with Crippen LogP contribution in [0.15, 0.2) is 78.4 Å². The van der Waals surface area contributed by atoms with Gasteiger partial charge in [0.05, 0.1) is 11.3 Å². The van der Waals surface area contributed by atoms with E-state index in [1.165, 1.54) is 12.1 Å². The number of nitrogens with zero attached hydrogens (tertiary/aromatic N) is 2. The number of nitrogens with one attached hydrogen (secondary N) is 1. The first-order chi connectivity index (χ1) is 13.2. The molecule has 0 aliphatic carbocycles. The Kier molecular flexibility index (Phi) is 4.72. The fraction of sp³-hybridized carbons (Fsp3) is 0. The number of carbonyl (C=O) groups is 1. The third-order valence-corrected chi connectivity index (χ3v) is 4.86. The molecule has 0 unspecified atom stereocenters. The average molecular weight is 375 g/mol. The summed E-state index contributed by atoms with van der Waals surface area (Å²) < 4.78 is 13.8. The fourth-order valence-corrected chi connectivity index (χ4v) is 3.47. The van der Waals surface area contributed by atoms with Crippen LogP contribution in [0.5, 0.6) is 0 Å². The van der Waals surface area contributed by atoms with Gasteiger partial charge in [0.2, 0.25) is 0 Å². The van der Waals surface area contributed by atoms with Crippen LogP contribution in [-0.2, 0) is 0 Å². The van der Waals surface area contributed by atoms with E-state index in [2.05, 4.69) is 15.3 Å². The van der Waals surface area contributed by atoms with E-state index >= 15 is 0 Å². The second-order valence-electron chi connectivity index (χ2n) is 5.79.